The normalized spacial score (nSPS) is 10.7. The van der Waals surface area contributed by atoms with Gasteiger partial charge in [-0.3, -0.25) is 4.98 Å². The Bertz CT molecular complexity index is 685. The molecule has 0 amide bonds. The Kier molecular flexibility index (Phi) is 3.93. The summed E-state index contributed by atoms with van der Waals surface area (Å²) >= 11 is 1.78. The highest BCUT2D eigenvalue weighted by atomic mass is 32.1. The SMILES string of the molecule is Cc1ccccc1CCc1ccsc1-c1ccccn1. The third-order valence-corrected chi connectivity index (χ3v) is 4.55. The van der Waals surface area contributed by atoms with E-state index in [-0.39, 0.29) is 0 Å². The summed E-state index contributed by atoms with van der Waals surface area (Å²) in [5.41, 5.74) is 5.30. The first kappa shape index (κ1) is 13.1. The lowest BCUT2D eigenvalue weighted by atomic mass is 10.0. The maximum absolute atomic E-state index is 4.46. The van der Waals surface area contributed by atoms with Crippen molar-refractivity contribution in [1.29, 1.82) is 0 Å². The highest BCUT2D eigenvalue weighted by Gasteiger charge is 2.08. The summed E-state index contributed by atoms with van der Waals surface area (Å²) in [6, 6.07) is 17.0. The van der Waals surface area contributed by atoms with E-state index in [2.05, 4.69) is 53.7 Å². The topological polar surface area (TPSA) is 12.9 Å². The number of benzene rings is 1. The lowest BCUT2D eigenvalue weighted by Crippen LogP contribution is -1.94. The maximum atomic E-state index is 4.46. The molecule has 3 rings (SSSR count). The highest BCUT2D eigenvalue weighted by molar-refractivity contribution is 7.13. The summed E-state index contributed by atoms with van der Waals surface area (Å²) in [5, 5.41) is 2.16. The van der Waals surface area contributed by atoms with Gasteiger partial charge in [-0.25, -0.2) is 0 Å². The van der Waals surface area contributed by atoms with Gasteiger partial charge in [0.25, 0.3) is 0 Å². The minimum absolute atomic E-state index is 1.07. The summed E-state index contributed by atoms with van der Waals surface area (Å²) in [6.45, 7) is 2.18. The molecule has 2 heteroatoms. The van der Waals surface area contributed by atoms with Gasteiger partial charge in [-0.2, -0.15) is 0 Å². The molecule has 1 aromatic carbocycles. The maximum Gasteiger partial charge on any atom is 0.0804 e. The summed E-state index contributed by atoms with van der Waals surface area (Å²) in [4.78, 5) is 5.77. The van der Waals surface area contributed by atoms with E-state index in [0.29, 0.717) is 0 Å². The monoisotopic (exact) mass is 279 g/mol. The van der Waals surface area contributed by atoms with Gasteiger partial charge < -0.3 is 0 Å². The largest absolute Gasteiger partial charge is 0.255 e. The third kappa shape index (κ3) is 2.81. The first-order chi connectivity index (χ1) is 9.84. The molecule has 0 spiro atoms. The number of hydrogen-bond acceptors (Lipinski definition) is 2. The Balaban J connectivity index is 1.80. The summed E-state index contributed by atoms with van der Waals surface area (Å²) in [5.74, 6) is 0. The van der Waals surface area contributed by atoms with Gasteiger partial charge in [0.2, 0.25) is 0 Å². The number of hydrogen-bond donors (Lipinski definition) is 0. The molecular formula is C18H17NS. The average Bonchev–Trinajstić information content (AvgIpc) is 2.96. The molecule has 1 nitrogen and oxygen atoms in total. The molecule has 0 N–H and O–H groups in total. The predicted molar refractivity (Wildman–Crippen MR) is 86.1 cm³/mol. The molecule has 0 aliphatic heterocycles. The van der Waals surface area contributed by atoms with Crippen molar-refractivity contribution in [2.75, 3.05) is 0 Å². The lowest BCUT2D eigenvalue weighted by Gasteiger charge is -2.06. The molecule has 0 fully saturated rings. The lowest BCUT2D eigenvalue weighted by molar-refractivity contribution is 0.955. The molecule has 0 saturated heterocycles. The number of pyridine rings is 1. The van der Waals surface area contributed by atoms with E-state index >= 15 is 0 Å². The molecule has 0 radical (unpaired) electrons. The Labute approximate surface area is 124 Å². The Hall–Kier alpha value is -1.93. The van der Waals surface area contributed by atoms with E-state index in [1.807, 2.05) is 18.3 Å². The van der Waals surface area contributed by atoms with E-state index in [1.165, 1.54) is 21.6 Å². The fraction of sp³-hybridized carbons (Fsp3) is 0.167. The predicted octanol–water partition coefficient (Wildman–Crippen LogP) is 4.90. The van der Waals surface area contributed by atoms with Gasteiger partial charge >= 0.3 is 0 Å². The summed E-state index contributed by atoms with van der Waals surface area (Å²) < 4.78 is 0. The van der Waals surface area contributed by atoms with Crippen LogP contribution < -0.4 is 0 Å². The molecule has 0 aliphatic carbocycles. The van der Waals surface area contributed by atoms with E-state index in [9.17, 15) is 0 Å². The highest BCUT2D eigenvalue weighted by Crippen LogP contribution is 2.29. The van der Waals surface area contributed by atoms with E-state index in [0.717, 1.165) is 18.5 Å². The second-order valence-electron chi connectivity index (χ2n) is 4.92. The third-order valence-electron chi connectivity index (χ3n) is 3.57. The molecule has 0 aliphatic rings. The van der Waals surface area contributed by atoms with Gasteiger partial charge in [-0.05, 0) is 60.0 Å². The van der Waals surface area contributed by atoms with Crippen LogP contribution in [0.4, 0.5) is 0 Å². The smallest absolute Gasteiger partial charge is 0.0804 e. The van der Waals surface area contributed by atoms with Crippen LogP contribution in [0.2, 0.25) is 0 Å². The van der Waals surface area contributed by atoms with E-state index in [4.69, 9.17) is 0 Å². The number of nitrogens with zero attached hydrogens (tertiary/aromatic N) is 1. The van der Waals surface area contributed by atoms with Crippen LogP contribution in [-0.4, -0.2) is 4.98 Å². The first-order valence-corrected chi connectivity index (χ1v) is 7.75. The molecule has 0 atom stereocenters. The zero-order chi connectivity index (χ0) is 13.8. The number of thiophene rings is 1. The van der Waals surface area contributed by atoms with Crippen LogP contribution in [0.3, 0.4) is 0 Å². The second kappa shape index (κ2) is 6.02. The van der Waals surface area contributed by atoms with Gasteiger partial charge in [-0.15, -0.1) is 11.3 Å². The van der Waals surface area contributed by atoms with Crippen LogP contribution in [0.25, 0.3) is 10.6 Å². The molecule has 0 bridgehead atoms. The molecule has 2 heterocycles. The van der Waals surface area contributed by atoms with Crippen LogP contribution in [0.1, 0.15) is 16.7 Å². The van der Waals surface area contributed by atoms with Crippen molar-refractivity contribution < 1.29 is 0 Å². The first-order valence-electron chi connectivity index (χ1n) is 6.87. The van der Waals surface area contributed by atoms with Crippen LogP contribution in [0.15, 0.2) is 60.1 Å². The van der Waals surface area contributed by atoms with Crippen molar-refractivity contribution in [3.05, 3.63) is 76.8 Å². The van der Waals surface area contributed by atoms with Gasteiger partial charge in [0, 0.05) is 6.20 Å². The van der Waals surface area contributed by atoms with Crippen molar-refractivity contribution in [1.82, 2.24) is 4.98 Å². The van der Waals surface area contributed by atoms with Gasteiger partial charge in [0.15, 0.2) is 0 Å². The van der Waals surface area contributed by atoms with Gasteiger partial charge in [-0.1, -0.05) is 30.3 Å². The summed E-state index contributed by atoms with van der Waals surface area (Å²) in [6.07, 6.45) is 4.02. The number of rotatable bonds is 4. The van der Waals surface area contributed by atoms with Gasteiger partial charge in [0.05, 0.1) is 10.6 Å². The van der Waals surface area contributed by atoms with Crippen LogP contribution in [0.5, 0.6) is 0 Å². The molecule has 100 valence electrons. The van der Waals surface area contributed by atoms with E-state index < -0.39 is 0 Å². The zero-order valence-electron chi connectivity index (χ0n) is 11.5. The number of aryl methyl sites for hydroxylation is 3. The van der Waals surface area contributed by atoms with Crippen LogP contribution in [-0.2, 0) is 12.8 Å². The quantitative estimate of drug-likeness (QED) is 0.661. The zero-order valence-corrected chi connectivity index (χ0v) is 12.4. The van der Waals surface area contributed by atoms with Crippen molar-refractivity contribution >= 4 is 11.3 Å². The van der Waals surface area contributed by atoms with Crippen LogP contribution >= 0.6 is 11.3 Å². The minimum atomic E-state index is 1.07. The standard InChI is InChI=1S/C18H17NS/c1-14-6-2-3-7-15(14)9-10-16-11-13-20-18(16)17-8-4-5-12-19-17/h2-8,11-13H,9-10H2,1H3. The minimum Gasteiger partial charge on any atom is -0.255 e. The summed E-state index contributed by atoms with van der Waals surface area (Å²) in [7, 11) is 0. The second-order valence-corrected chi connectivity index (χ2v) is 5.83. The molecule has 20 heavy (non-hydrogen) atoms. The molecule has 0 unspecified atom stereocenters. The fourth-order valence-electron chi connectivity index (χ4n) is 2.41. The van der Waals surface area contributed by atoms with Crippen LogP contribution in [0, 0.1) is 6.92 Å². The van der Waals surface area contributed by atoms with Gasteiger partial charge in [0.1, 0.15) is 0 Å². The average molecular weight is 279 g/mol. The van der Waals surface area contributed by atoms with Crippen molar-refractivity contribution in [2.45, 2.75) is 19.8 Å². The van der Waals surface area contributed by atoms with Crippen molar-refractivity contribution in [3.8, 4) is 10.6 Å². The molecular weight excluding hydrogens is 262 g/mol. The Morgan fingerprint density at radius 3 is 2.50 bits per heavy atom. The van der Waals surface area contributed by atoms with E-state index in [1.54, 1.807) is 11.3 Å². The Morgan fingerprint density at radius 1 is 0.900 bits per heavy atom. The fourth-order valence-corrected chi connectivity index (χ4v) is 3.35. The number of aromatic nitrogens is 1. The Morgan fingerprint density at radius 2 is 1.70 bits per heavy atom. The molecule has 3 aromatic rings. The molecule has 2 aromatic heterocycles. The molecule has 0 saturated carbocycles. The van der Waals surface area contributed by atoms with Crippen molar-refractivity contribution in [3.63, 3.8) is 0 Å². The van der Waals surface area contributed by atoms with Crippen molar-refractivity contribution in [2.24, 2.45) is 0 Å².